The maximum atomic E-state index is 13.6. The summed E-state index contributed by atoms with van der Waals surface area (Å²) in [5, 5.41) is 0.732. The van der Waals surface area contributed by atoms with Crippen molar-refractivity contribution in [2.24, 2.45) is 0 Å². The molecule has 0 bridgehead atoms. The largest absolute Gasteiger partial charge is 0.272 e. The smallest absolute Gasteiger partial charge is 0.269 e. The highest BCUT2D eigenvalue weighted by molar-refractivity contribution is 7.18. The second-order valence-electron chi connectivity index (χ2n) is 7.65. The maximum Gasteiger partial charge on any atom is 0.269 e. The number of carbonyl (C=O) groups is 1. The lowest BCUT2D eigenvalue weighted by Crippen LogP contribution is -2.34. The van der Waals surface area contributed by atoms with Crippen LogP contribution in [0.5, 0.6) is 0 Å². The third kappa shape index (κ3) is 3.84. The number of carbonyl (C=O) groups excluding carboxylic acids is 1. The number of amides is 1. The fourth-order valence-electron chi connectivity index (χ4n) is 4.02. The van der Waals surface area contributed by atoms with Gasteiger partial charge in [-0.3, -0.25) is 25.0 Å². The summed E-state index contributed by atoms with van der Waals surface area (Å²) in [6.07, 6.45) is 4.18. The highest BCUT2D eigenvalue weighted by Gasteiger charge is 2.22. The number of hydrogen-bond donors (Lipinski definition) is 2. The third-order valence-corrected chi connectivity index (χ3v) is 6.77. The first kappa shape index (κ1) is 19.5. The van der Waals surface area contributed by atoms with Crippen LogP contribution in [0.15, 0.2) is 65.5 Å². The van der Waals surface area contributed by atoms with E-state index in [0.29, 0.717) is 18.1 Å². The van der Waals surface area contributed by atoms with Crippen LogP contribution in [0.4, 0.5) is 5.95 Å². The van der Waals surface area contributed by atoms with Crippen LogP contribution in [0.25, 0.3) is 10.2 Å². The quantitative estimate of drug-likeness (QED) is 0.467. The minimum Gasteiger partial charge on any atom is -0.272 e. The number of benzene rings is 2. The van der Waals surface area contributed by atoms with Crippen molar-refractivity contribution in [3.05, 3.63) is 92.6 Å². The maximum absolute atomic E-state index is 13.6. The zero-order valence-electron chi connectivity index (χ0n) is 16.9. The molecule has 2 N–H and O–H groups in total. The fourth-order valence-corrected chi connectivity index (χ4v) is 5.27. The van der Waals surface area contributed by atoms with E-state index in [9.17, 15) is 9.59 Å². The number of hydrogen-bond acceptors (Lipinski definition) is 5. The Balaban J connectivity index is 1.55. The van der Waals surface area contributed by atoms with Crippen LogP contribution in [-0.4, -0.2) is 15.5 Å². The van der Waals surface area contributed by atoms with E-state index in [-0.39, 0.29) is 11.5 Å². The molecule has 0 saturated heterocycles. The van der Waals surface area contributed by atoms with Gasteiger partial charge in [-0.2, -0.15) is 0 Å². The Labute approximate surface area is 183 Å². The summed E-state index contributed by atoms with van der Waals surface area (Å²) in [6.45, 7) is 0.372. The van der Waals surface area contributed by atoms with E-state index in [1.54, 1.807) is 40.2 Å². The zero-order chi connectivity index (χ0) is 21.2. The van der Waals surface area contributed by atoms with Crippen LogP contribution < -0.4 is 16.4 Å². The van der Waals surface area contributed by atoms with E-state index in [4.69, 9.17) is 4.98 Å². The Morgan fingerprint density at radius 3 is 2.48 bits per heavy atom. The molecule has 1 aliphatic carbocycles. The molecule has 0 atom stereocenters. The Hall–Kier alpha value is -3.45. The highest BCUT2D eigenvalue weighted by atomic mass is 32.1. The predicted octanol–water partition coefficient (Wildman–Crippen LogP) is 4.14. The molecule has 0 aliphatic heterocycles. The van der Waals surface area contributed by atoms with Gasteiger partial charge in [-0.15, -0.1) is 11.3 Å². The Morgan fingerprint density at radius 2 is 1.71 bits per heavy atom. The molecule has 31 heavy (non-hydrogen) atoms. The van der Waals surface area contributed by atoms with E-state index in [1.807, 2.05) is 36.4 Å². The summed E-state index contributed by atoms with van der Waals surface area (Å²) in [5.74, 6) is 0.0518. The van der Waals surface area contributed by atoms with Crippen molar-refractivity contribution in [1.82, 2.24) is 15.0 Å². The van der Waals surface area contributed by atoms with Crippen molar-refractivity contribution >= 4 is 33.4 Å². The van der Waals surface area contributed by atoms with Crippen LogP contribution in [-0.2, 0) is 19.4 Å². The second kappa shape index (κ2) is 8.35. The van der Waals surface area contributed by atoms with E-state index >= 15 is 0 Å². The molecule has 156 valence electrons. The van der Waals surface area contributed by atoms with Gasteiger partial charge in [0.2, 0.25) is 5.95 Å². The lowest BCUT2D eigenvalue weighted by atomic mass is 9.97. The molecule has 0 spiro atoms. The van der Waals surface area contributed by atoms with E-state index in [1.165, 1.54) is 4.88 Å². The Kier molecular flexibility index (Phi) is 5.26. The van der Waals surface area contributed by atoms with Gasteiger partial charge in [-0.1, -0.05) is 48.5 Å². The molecule has 2 aromatic carbocycles. The molecule has 2 heterocycles. The number of thiophene rings is 1. The number of hydrazine groups is 1. The molecule has 6 nitrogen and oxygen atoms in total. The predicted molar refractivity (Wildman–Crippen MR) is 124 cm³/mol. The van der Waals surface area contributed by atoms with Gasteiger partial charge in [0.1, 0.15) is 4.83 Å². The van der Waals surface area contributed by atoms with E-state index in [2.05, 4.69) is 10.9 Å². The first-order valence-electron chi connectivity index (χ1n) is 10.4. The molecular formula is C24H22N4O2S. The van der Waals surface area contributed by atoms with Gasteiger partial charge in [-0.05, 0) is 48.9 Å². The fraction of sp³-hybridized carbons (Fsp3) is 0.208. The lowest BCUT2D eigenvalue weighted by Gasteiger charge is -2.15. The van der Waals surface area contributed by atoms with Crippen LogP contribution in [0, 0.1) is 0 Å². The van der Waals surface area contributed by atoms with E-state index < -0.39 is 0 Å². The van der Waals surface area contributed by atoms with Gasteiger partial charge in [0, 0.05) is 10.4 Å². The molecule has 4 aromatic rings. The molecule has 1 aliphatic rings. The van der Waals surface area contributed by atoms with E-state index in [0.717, 1.165) is 47.0 Å². The second-order valence-corrected chi connectivity index (χ2v) is 8.73. The molecule has 7 heteroatoms. The molecule has 5 rings (SSSR count). The number of rotatable bonds is 5. The minimum atomic E-state index is -0.285. The van der Waals surface area contributed by atoms with Crippen LogP contribution in [0.2, 0.25) is 0 Å². The summed E-state index contributed by atoms with van der Waals surface area (Å²) in [4.78, 5) is 32.8. The Morgan fingerprint density at radius 1 is 1.00 bits per heavy atom. The van der Waals surface area contributed by atoms with Gasteiger partial charge in [-0.25, -0.2) is 4.98 Å². The molecule has 0 saturated carbocycles. The number of anilines is 1. The minimum absolute atomic E-state index is 0.0651. The monoisotopic (exact) mass is 430 g/mol. The van der Waals surface area contributed by atoms with Crippen molar-refractivity contribution in [3.8, 4) is 0 Å². The molecule has 0 fully saturated rings. The first-order valence-corrected chi connectivity index (χ1v) is 11.2. The number of nitrogens with zero attached hydrogens (tertiary/aromatic N) is 2. The van der Waals surface area contributed by atoms with Crippen LogP contribution >= 0.6 is 11.3 Å². The van der Waals surface area contributed by atoms with Gasteiger partial charge in [0.25, 0.3) is 11.5 Å². The first-order chi connectivity index (χ1) is 15.2. The van der Waals surface area contributed by atoms with Crippen LogP contribution in [0.3, 0.4) is 0 Å². The highest BCUT2D eigenvalue weighted by Crippen LogP contribution is 2.34. The summed E-state index contributed by atoms with van der Waals surface area (Å²) in [5.41, 5.74) is 8.21. The topological polar surface area (TPSA) is 76.0 Å². The lowest BCUT2D eigenvalue weighted by molar-refractivity contribution is 0.0962. The molecule has 0 unspecified atom stereocenters. The third-order valence-electron chi connectivity index (χ3n) is 5.58. The Bertz CT molecular complexity index is 1300. The van der Waals surface area contributed by atoms with Gasteiger partial charge in [0.15, 0.2) is 0 Å². The van der Waals surface area contributed by atoms with Crippen molar-refractivity contribution in [2.75, 3.05) is 5.43 Å². The summed E-state index contributed by atoms with van der Waals surface area (Å²) >= 11 is 1.60. The normalized spacial score (nSPS) is 13.0. The molecular weight excluding hydrogens is 408 g/mol. The van der Waals surface area contributed by atoms with Gasteiger partial charge >= 0.3 is 0 Å². The average molecular weight is 431 g/mol. The molecule has 1 amide bonds. The number of nitrogens with one attached hydrogen (secondary N) is 2. The zero-order valence-corrected chi connectivity index (χ0v) is 17.7. The number of fused-ring (bicyclic) bond motifs is 3. The van der Waals surface area contributed by atoms with Gasteiger partial charge in [0.05, 0.1) is 11.9 Å². The van der Waals surface area contributed by atoms with Crippen molar-refractivity contribution in [2.45, 2.75) is 32.2 Å². The molecule has 2 aromatic heterocycles. The summed E-state index contributed by atoms with van der Waals surface area (Å²) in [6, 6.07) is 18.7. The number of aromatic nitrogens is 2. The van der Waals surface area contributed by atoms with Crippen molar-refractivity contribution < 1.29 is 4.79 Å². The number of aryl methyl sites for hydroxylation is 2. The van der Waals surface area contributed by atoms with Crippen molar-refractivity contribution in [1.29, 1.82) is 0 Å². The summed E-state index contributed by atoms with van der Waals surface area (Å²) < 4.78 is 1.62. The van der Waals surface area contributed by atoms with Crippen molar-refractivity contribution in [3.63, 3.8) is 0 Å². The SMILES string of the molecule is O=C(NNc1nc2sc3c(c2c(=O)n1Cc1ccccc1)CCCC3)c1ccccc1. The van der Waals surface area contributed by atoms with Crippen LogP contribution in [0.1, 0.15) is 39.2 Å². The molecule has 0 radical (unpaired) electrons. The standard InChI is InChI=1S/C24H22N4O2S/c29-21(17-11-5-2-6-12-17)26-27-24-25-22-20(18-13-7-8-14-19(18)31-22)23(30)28(24)15-16-9-3-1-4-10-16/h1-6,9-12H,7-8,13-15H2,(H,25,27)(H,26,29). The van der Waals surface area contributed by atoms with Gasteiger partial charge < -0.3 is 0 Å². The summed E-state index contributed by atoms with van der Waals surface area (Å²) in [7, 11) is 0. The average Bonchev–Trinajstić information content (AvgIpc) is 3.19.